The Morgan fingerprint density at radius 1 is 1.50 bits per heavy atom. The van der Waals surface area contributed by atoms with Crippen LogP contribution in [-0.4, -0.2) is 9.53 Å². The van der Waals surface area contributed by atoms with Crippen LogP contribution in [0.4, 0.5) is 0 Å². The zero-order chi connectivity index (χ0) is 10.7. The maximum Gasteiger partial charge on any atom is 0.133 e. The lowest BCUT2D eigenvalue weighted by Gasteiger charge is -2.11. The smallest absolute Gasteiger partial charge is 0.133 e. The Balaban J connectivity index is 3.38. The van der Waals surface area contributed by atoms with Gasteiger partial charge < -0.3 is 5.11 Å². The number of hydrogen-bond donors (Lipinski definition) is 1. The molecule has 1 aromatic carbocycles. The Hall–Kier alpha value is -0.760. The highest BCUT2D eigenvalue weighted by molar-refractivity contribution is 14.1. The van der Waals surface area contributed by atoms with Crippen molar-refractivity contribution < 1.29 is 5.11 Å². The summed E-state index contributed by atoms with van der Waals surface area (Å²) >= 11 is 2.31. The van der Waals surface area contributed by atoms with E-state index in [-0.39, 0.29) is 5.75 Å². The lowest BCUT2D eigenvalue weighted by Crippen LogP contribution is -1.98. The van der Waals surface area contributed by atoms with E-state index in [1.165, 1.54) is 5.56 Å². The van der Waals surface area contributed by atoms with Crippen LogP contribution < -0.4 is 0 Å². The normalized spacial score (nSPS) is 9.86. The number of hydrogen-bond acceptors (Lipinski definition) is 2. The third kappa shape index (κ3) is 2.01. The van der Waals surface area contributed by atoms with Gasteiger partial charge in [0.25, 0.3) is 0 Å². The van der Waals surface area contributed by atoms with Crippen LogP contribution in [0.5, 0.6) is 5.75 Å². The Morgan fingerprint density at radius 3 is 2.64 bits per heavy atom. The molecule has 0 amide bonds. The summed E-state index contributed by atoms with van der Waals surface area (Å²) in [6.07, 6.45) is 0.952. The first-order valence-corrected chi connectivity index (χ1v) is 5.92. The lowest BCUT2D eigenvalue weighted by molar-refractivity contribution is 0.472. The van der Waals surface area contributed by atoms with Gasteiger partial charge in [0.05, 0.1) is 5.56 Å². The summed E-state index contributed by atoms with van der Waals surface area (Å²) in [5.74, 6) is 0.0970. The number of phenolic OH excluding ortho intramolecular Hbond substituents is 1. The van der Waals surface area contributed by atoms with E-state index in [0.717, 1.165) is 22.0 Å². The van der Waals surface area contributed by atoms with Crippen molar-refractivity contribution >= 4 is 22.6 Å². The molecule has 0 aliphatic rings. The maximum absolute atomic E-state index is 9.54. The molecule has 0 atom stereocenters. The van der Waals surface area contributed by atoms with Crippen molar-refractivity contribution in [2.45, 2.75) is 20.3 Å². The number of phenols is 1. The Labute approximate surface area is 97.7 Å². The second-order valence-corrected chi connectivity index (χ2v) is 4.32. The van der Waals surface area contributed by atoms with Gasteiger partial charge in [0.1, 0.15) is 11.8 Å². The average molecular weight is 301 g/mol. The Morgan fingerprint density at radius 2 is 2.14 bits per heavy atom. The minimum Gasteiger partial charge on any atom is -0.507 e. The van der Waals surface area contributed by atoms with E-state index in [1.807, 2.05) is 19.9 Å². The quantitative estimate of drug-likeness (QED) is 0.674. The van der Waals surface area contributed by atoms with Crippen LogP contribution in [-0.2, 0) is 6.42 Å². The third-order valence-electron chi connectivity index (χ3n) is 2.37. The van der Waals surface area contributed by atoms with E-state index < -0.39 is 0 Å². The van der Waals surface area contributed by atoms with Crippen LogP contribution in [0.2, 0.25) is 0 Å². The average Bonchev–Trinajstić information content (AvgIpc) is 2.12. The van der Waals surface area contributed by atoms with Gasteiger partial charge in [-0.05, 0) is 43.0 Å². The molecule has 0 heterocycles. The number of nitriles is 1. The fraction of sp³-hybridized carbons (Fsp3) is 0.364. The molecule has 0 radical (unpaired) electrons. The maximum atomic E-state index is 9.54. The van der Waals surface area contributed by atoms with Crippen LogP contribution in [0.3, 0.4) is 0 Å². The molecule has 3 heteroatoms. The van der Waals surface area contributed by atoms with Crippen molar-refractivity contribution in [2.24, 2.45) is 0 Å². The number of rotatable bonds is 2. The van der Waals surface area contributed by atoms with Crippen molar-refractivity contribution in [3.8, 4) is 11.8 Å². The van der Waals surface area contributed by atoms with Crippen molar-refractivity contribution in [1.82, 2.24) is 0 Å². The summed E-state index contributed by atoms with van der Waals surface area (Å²) in [4.78, 5) is 0. The SMILES string of the molecule is Cc1cc(O)c(C#N)c(C)c1CCI. The molecule has 0 bridgehead atoms. The number of aromatic hydroxyl groups is 1. The first kappa shape index (κ1) is 11.3. The van der Waals surface area contributed by atoms with Crippen LogP contribution in [0.25, 0.3) is 0 Å². The summed E-state index contributed by atoms with van der Waals surface area (Å²) in [6.45, 7) is 3.86. The number of aryl methyl sites for hydroxylation is 1. The standard InChI is InChI=1S/C11H12INO/c1-7-5-11(14)10(6-13)8(2)9(7)3-4-12/h5,14H,3-4H2,1-2H3. The van der Waals surface area contributed by atoms with Crippen molar-refractivity contribution in [1.29, 1.82) is 5.26 Å². The highest BCUT2D eigenvalue weighted by atomic mass is 127. The molecule has 0 aromatic heterocycles. The van der Waals surface area contributed by atoms with E-state index in [1.54, 1.807) is 6.07 Å². The molecule has 0 saturated heterocycles. The van der Waals surface area contributed by atoms with Crippen molar-refractivity contribution in [3.63, 3.8) is 0 Å². The van der Waals surface area contributed by atoms with Crippen LogP contribution in [0, 0.1) is 25.2 Å². The van der Waals surface area contributed by atoms with E-state index in [9.17, 15) is 5.11 Å². The number of alkyl halides is 1. The molecule has 2 nitrogen and oxygen atoms in total. The Kier molecular flexibility index (Phi) is 3.76. The van der Waals surface area contributed by atoms with Gasteiger partial charge in [-0.15, -0.1) is 0 Å². The largest absolute Gasteiger partial charge is 0.507 e. The minimum absolute atomic E-state index is 0.0970. The monoisotopic (exact) mass is 301 g/mol. The summed E-state index contributed by atoms with van der Waals surface area (Å²) in [6, 6.07) is 3.71. The van der Waals surface area contributed by atoms with Gasteiger partial charge in [-0.25, -0.2) is 0 Å². The topological polar surface area (TPSA) is 44.0 Å². The van der Waals surface area contributed by atoms with Gasteiger partial charge in [0, 0.05) is 4.43 Å². The predicted molar refractivity (Wildman–Crippen MR) is 64.9 cm³/mol. The Bertz CT molecular complexity index is 393. The first-order chi connectivity index (χ1) is 6.61. The number of halogens is 1. The van der Waals surface area contributed by atoms with Gasteiger partial charge in [-0.3, -0.25) is 0 Å². The molecular formula is C11H12INO. The summed E-state index contributed by atoms with van der Waals surface area (Å²) < 4.78 is 1.02. The molecule has 0 saturated carbocycles. The van der Waals surface area contributed by atoms with Gasteiger partial charge in [-0.2, -0.15) is 5.26 Å². The fourth-order valence-corrected chi connectivity index (χ4v) is 2.16. The molecule has 1 N–H and O–H groups in total. The van der Waals surface area contributed by atoms with Crippen molar-refractivity contribution in [3.05, 3.63) is 28.3 Å². The summed E-state index contributed by atoms with van der Waals surface area (Å²) in [5, 5.41) is 18.4. The van der Waals surface area contributed by atoms with Crippen LogP contribution in [0.15, 0.2) is 6.07 Å². The second kappa shape index (κ2) is 4.65. The zero-order valence-electron chi connectivity index (χ0n) is 8.26. The lowest BCUT2D eigenvalue weighted by atomic mass is 9.95. The third-order valence-corrected chi connectivity index (χ3v) is 2.91. The predicted octanol–water partition coefficient (Wildman–Crippen LogP) is 2.86. The fourth-order valence-electron chi connectivity index (χ4n) is 1.62. The summed E-state index contributed by atoms with van der Waals surface area (Å²) in [7, 11) is 0. The molecule has 0 aliphatic carbocycles. The van der Waals surface area contributed by atoms with Gasteiger partial charge in [-0.1, -0.05) is 22.6 Å². The molecule has 1 aromatic rings. The van der Waals surface area contributed by atoms with Crippen LogP contribution in [0.1, 0.15) is 22.3 Å². The van der Waals surface area contributed by atoms with E-state index in [4.69, 9.17) is 5.26 Å². The molecule has 1 rings (SSSR count). The molecule has 0 fully saturated rings. The van der Waals surface area contributed by atoms with Gasteiger partial charge in [0.15, 0.2) is 0 Å². The zero-order valence-corrected chi connectivity index (χ0v) is 10.4. The molecule has 14 heavy (non-hydrogen) atoms. The van der Waals surface area contributed by atoms with Crippen molar-refractivity contribution in [2.75, 3.05) is 4.43 Å². The highest BCUT2D eigenvalue weighted by Gasteiger charge is 2.11. The number of nitrogens with zero attached hydrogens (tertiary/aromatic N) is 1. The van der Waals surface area contributed by atoms with E-state index in [0.29, 0.717) is 5.56 Å². The summed E-state index contributed by atoms with van der Waals surface area (Å²) in [5.41, 5.74) is 3.58. The minimum atomic E-state index is 0.0970. The molecular weight excluding hydrogens is 289 g/mol. The van der Waals surface area contributed by atoms with E-state index in [2.05, 4.69) is 22.6 Å². The molecule has 74 valence electrons. The van der Waals surface area contributed by atoms with Gasteiger partial charge in [0.2, 0.25) is 0 Å². The number of benzene rings is 1. The highest BCUT2D eigenvalue weighted by Crippen LogP contribution is 2.27. The van der Waals surface area contributed by atoms with E-state index >= 15 is 0 Å². The molecule has 0 aliphatic heterocycles. The van der Waals surface area contributed by atoms with Crippen LogP contribution >= 0.6 is 22.6 Å². The second-order valence-electron chi connectivity index (χ2n) is 3.24. The van der Waals surface area contributed by atoms with Gasteiger partial charge >= 0.3 is 0 Å². The molecule has 0 unspecified atom stereocenters. The molecule has 0 spiro atoms. The first-order valence-electron chi connectivity index (χ1n) is 4.40.